The molecule has 5 rings (SSSR count). The van der Waals surface area contributed by atoms with E-state index in [9.17, 15) is 14.7 Å². The van der Waals surface area contributed by atoms with E-state index in [1.54, 1.807) is 18.2 Å². The zero-order chi connectivity index (χ0) is 23.7. The third kappa shape index (κ3) is 4.41. The van der Waals surface area contributed by atoms with E-state index in [4.69, 9.17) is 14.3 Å². The first kappa shape index (κ1) is 22.2. The Balaban J connectivity index is 1.35. The van der Waals surface area contributed by atoms with Gasteiger partial charge in [0.2, 0.25) is 5.89 Å². The topological polar surface area (TPSA) is 122 Å². The largest absolute Gasteiger partial charge is 0.506 e. The van der Waals surface area contributed by atoms with Crippen molar-refractivity contribution in [2.75, 3.05) is 5.32 Å². The van der Waals surface area contributed by atoms with Gasteiger partial charge in [-0.2, -0.15) is 0 Å². The van der Waals surface area contributed by atoms with Crippen LogP contribution in [0.25, 0.3) is 0 Å². The first-order chi connectivity index (χ1) is 16.5. The second-order valence-corrected chi connectivity index (χ2v) is 8.89. The number of aromatic nitrogens is 1. The van der Waals surface area contributed by atoms with E-state index in [0.717, 1.165) is 30.4 Å². The Morgan fingerprint density at radius 1 is 1.03 bits per heavy atom. The van der Waals surface area contributed by atoms with Gasteiger partial charge in [0.25, 0.3) is 5.91 Å². The minimum Gasteiger partial charge on any atom is -0.506 e. The summed E-state index contributed by atoms with van der Waals surface area (Å²) in [5, 5.41) is 21.7. The van der Waals surface area contributed by atoms with Crippen LogP contribution in [-0.4, -0.2) is 39.3 Å². The maximum atomic E-state index is 12.7. The van der Waals surface area contributed by atoms with Crippen LogP contribution < -0.4 is 5.32 Å². The lowest BCUT2D eigenvalue weighted by atomic mass is 9.75. The Morgan fingerprint density at radius 2 is 1.76 bits per heavy atom. The first-order valence-corrected chi connectivity index (χ1v) is 11.5. The van der Waals surface area contributed by atoms with Crippen molar-refractivity contribution in [3.05, 3.63) is 77.5 Å². The number of nitrogens with one attached hydrogen (secondary N) is 1. The highest BCUT2D eigenvalue weighted by Crippen LogP contribution is 2.50. The second kappa shape index (κ2) is 9.30. The van der Waals surface area contributed by atoms with Crippen molar-refractivity contribution < 1.29 is 29.0 Å². The Kier molecular flexibility index (Phi) is 6.06. The van der Waals surface area contributed by atoms with E-state index in [2.05, 4.69) is 10.3 Å². The first-order valence-electron chi connectivity index (χ1n) is 11.5. The molecule has 2 aliphatic rings. The fourth-order valence-electron chi connectivity index (χ4n) is 5.18. The molecule has 0 unspecified atom stereocenters. The van der Waals surface area contributed by atoms with Gasteiger partial charge in [0.15, 0.2) is 5.69 Å². The number of aliphatic carboxylic acids is 1. The standard InChI is InChI=1S/C26H26N2O6/c29-20-8-4-3-7-18(20)27-25(32)19-14-33-26(28-19)24-17(21-10-11-22(24)34-21)13-16-6-2-1-5-15(16)9-12-23(30)31/h1-8,14,17,21-22,24,29H,9-13H2,(H,27,32)(H,30,31)/t17-,21-,22+,24-/m0/s1. The molecule has 0 radical (unpaired) electrons. The summed E-state index contributed by atoms with van der Waals surface area (Å²) in [6, 6.07) is 14.4. The highest BCUT2D eigenvalue weighted by atomic mass is 16.5. The summed E-state index contributed by atoms with van der Waals surface area (Å²) in [5.74, 6) is -0.790. The maximum Gasteiger partial charge on any atom is 0.303 e. The van der Waals surface area contributed by atoms with E-state index in [0.29, 0.717) is 18.0 Å². The SMILES string of the molecule is O=C(O)CCc1ccccc1C[C@@H]1[C@H](c2nc(C(=O)Nc3ccccc3O)co2)[C@H]2CC[C@@H]1O2. The number of para-hydroxylation sites is 2. The van der Waals surface area contributed by atoms with Crippen LogP contribution in [0.3, 0.4) is 0 Å². The fraction of sp³-hybridized carbons (Fsp3) is 0.346. The summed E-state index contributed by atoms with van der Waals surface area (Å²) in [5.41, 5.74) is 2.58. The van der Waals surface area contributed by atoms with Crippen molar-refractivity contribution in [2.45, 2.75) is 50.2 Å². The molecule has 2 aliphatic heterocycles. The van der Waals surface area contributed by atoms with Gasteiger partial charge in [0, 0.05) is 12.3 Å². The van der Waals surface area contributed by atoms with Crippen molar-refractivity contribution in [2.24, 2.45) is 5.92 Å². The highest BCUT2D eigenvalue weighted by molar-refractivity contribution is 6.03. The third-order valence-corrected chi connectivity index (χ3v) is 6.80. The molecular weight excluding hydrogens is 436 g/mol. The normalized spacial score (nSPS) is 23.2. The molecule has 2 fully saturated rings. The monoisotopic (exact) mass is 462 g/mol. The summed E-state index contributed by atoms with van der Waals surface area (Å²) in [4.78, 5) is 28.2. The molecule has 3 heterocycles. The molecule has 3 N–H and O–H groups in total. The van der Waals surface area contributed by atoms with Gasteiger partial charge in [0.1, 0.15) is 12.0 Å². The predicted octanol–water partition coefficient (Wildman–Crippen LogP) is 4.15. The number of carbonyl (C=O) groups is 2. The fourth-order valence-corrected chi connectivity index (χ4v) is 5.18. The number of ether oxygens (including phenoxy) is 1. The van der Waals surface area contributed by atoms with Crippen molar-refractivity contribution in [1.82, 2.24) is 4.98 Å². The van der Waals surface area contributed by atoms with E-state index in [1.165, 1.54) is 12.3 Å². The number of nitrogens with zero attached hydrogens (tertiary/aromatic N) is 1. The molecule has 0 spiro atoms. The van der Waals surface area contributed by atoms with E-state index in [-0.39, 0.29) is 41.9 Å². The Morgan fingerprint density at radius 3 is 2.56 bits per heavy atom. The van der Waals surface area contributed by atoms with Crippen LogP contribution in [0.1, 0.15) is 52.7 Å². The smallest absolute Gasteiger partial charge is 0.303 e. The number of phenols is 1. The average Bonchev–Trinajstić information content (AvgIpc) is 3.56. The minimum atomic E-state index is -0.814. The number of fused-ring (bicyclic) bond motifs is 2. The quantitative estimate of drug-likeness (QED) is 0.430. The zero-order valence-electron chi connectivity index (χ0n) is 18.5. The lowest BCUT2D eigenvalue weighted by Crippen LogP contribution is -2.28. The van der Waals surface area contributed by atoms with Gasteiger partial charge >= 0.3 is 5.97 Å². The molecule has 2 aromatic carbocycles. The summed E-state index contributed by atoms with van der Waals surface area (Å²) in [6.45, 7) is 0. The number of phenolic OH excluding ortho intramolecular Hbond substituents is 1. The van der Waals surface area contributed by atoms with Gasteiger partial charge in [-0.05, 0) is 48.9 Å². The average molecular weight is 463 g/mol. The predicted molar refractivity (Wildman–Crippen MR) is 123 cm³/mol. The Labute approximate surface area is 196 Å². The van der Waals surface area contributed by atoms with Crippen molar-refractivity contribution in [3.63, 3.8) is 0 Å². The number of carbonyl (C=O) groups excluding carboxylic acids is 1. The van der Waals surface area contributed by atoms with Crippen LogP contribution in [-0.2, 0) is 22.4 Å². The second-order valence-electron chi connectivity index (χ2n) is 8.89. The summed E-state index contributed by atoms with van der Waals surface area (Å²) in [7, 11) is 0. The van der Waals surface area contributed by atoms with E-state index < -0.39 is 11.9 Å². The maximum absolute atomic E-state index is 12.7. The number of anilines is 1. The van der Waals surface area contributed by atoms with Crippen LogP contribution in [0.15, 0.2) is 59.2 Å². The number of rotatable bonds is 8. The van der Waals surface area contributed by atoms with Gasteiger partial charge in [0.05, 0.1) is 23.8 Å². The summed E-state index contributed by atoms with van der Waals surface area (Å²) < 4.78 is 12.0. The number of aryl methyl sites for hydroxylation is 1. The molecule has 3 aromatic rings. The number of hydrogen-bond donors (Lipinski definition) is 3. The van der Waals surface area contributed by atoms with Crippen molar-refractivity contribution >= 4 is 17.6 Å². The molecule has 34 heavy (non-hydrogen) atoms. The van der Waals surface area contributed by atoms with Gasteiger partial charge in [-0.15, -0.1) is 0 Å². The molecule has 2 bridgehead atoms. The number of carboxylic acids is 1. The molecule has 8 heteroatoms. The van der Waals surface area contributed by atoms with Crippen LogP contribution in [0.4, 0.5) is 5.69 Å². The van der Waals surface area contributed by atoms with Gasteiger partial charge in [-0.25, -0.2) is 4.98 Å². The van der Waals surface area contributed by atoms with Gasteiger partial charge in [-0.3, -0.25) is 9.59 Å². The van der Waals surface area contributed by atoms with Crippen LogP contribution >= 0.6 is 0 Å². The lowest BCUT2D eigenvalue weighted by Gasteiger charge is -2.26. The van der Waals surface area contributed by atoms with Gasteiger partial charge in [-0.1, -0.05) is 36.4 Å². The number of carboxylic acid groups (broad SMARTS) is 1. The van der Waals surface area contributed by atoms with Crippen LogP contribution in [0.2, 0.25) is 0 Å². The zero-order valence-corrected chi connectivity index (χ0v) is 18.5. The van der Waals surface area contributed by atoms with Crippen LogP contribution in [0.5, 0.6) is 5.75 Å². The van der Waals surface area contributed by atoms with E-state index >= 15 is 0 Å². The lowest BCUT2D eigenvalue weighted by molar-refractivity contribution is -0.136. The Hall–Kier alpha value is -3.65. The molecule has 2 saturated heterocycles. The number of aromatic hydroxyl groups is 1. The number of amides is 1. The third-order valence-electron chi connectivity index (χ3n) is 6.80. The number of benzene rings is 2. The van der Waals surface area contributed by atoms with E-state index in [1.807, 2.05) is 24.3 Å². The van der Waals surface area contributed by atoms with Crippen molar-refractivity contribution in [3.8, 4) is 5.75 Å². The molecular formula is C26H26N2O6. The molecule has 0 aliphatic carbocycles. The van der Waals surface area contributed by atoms with Crippen LogP contribution in [0, 0.1) is 5.92 Å². The van der Waals surface area contributed by atoms with Crippen molar-refractivity contribution in [1.29, 1.82) is 0 Å². The van der Waals surface area contributed by atoms with Gasteiger partial charge < -0.3 is 24.7 Å². The summed E-state index contributed by atoms with van der Waals surface area (Å²) in [6.07, 6.45) is 4.56. The Bertz CT molecular complexity index is 1210. The summed E-state index contributed by atoms with van der Waals surface area (Å²) >= 11 is 0. The minimum absolute atomic E-state index is 0.0195. The molecule has 1 aromatic heterocycles. The molecule has 1 amide bonds. The molecule has 0 saturated carbocycles. The molecule has 176 valence electrons. The molecule has 4 atom stereocenters. The molecule has 8 nitrogen and oxygen atoms in total. The highest BCUT2D eigenvalue weighted by Gasteiger charge is 2.51. The number of hydrogen-bond acceptors (Lipinski definition) is 6. The number of oxazole rings is 1.